The van der Waals surface area contributed by atoms with Crippen LogP contribution in [0.25, 0.3) is 0 Å². The van der Waals surface area contributed by atoms with Crippen molar-refractivity contribution in [2.75, 3.05) is 32.6 Å². The molecule has 0 fully saturated rings. The van der Waals surface area contributed by atoms with Gasteiger partial charge in [0.15, 0.2) is 0 Å². The molecule has 0 radical (unpaired) electrons. The van der Waals surface area contributed by atoms with E-state index in [4.69, 9.17) is 9.47 Å². The molecule has 1 unspecified atom stereocenters. The maximum Gasteiger partial charge on any atom is 0.241 e. The smallest absolute Gasteiger partial charge is 0.241 e. The first kappa shape index (κ1) is 19.8. The summed E-state index contributed by atoms with van der Waals surface area (Å²) in [4.78, 5) is 14.5. The molecule has 0 bridgehead atoms. The first-order chi connectivity index (χ1) is 12.4. The van der Waals surface area contributed by atoms with Gasteiger partial charge >= 0.3 is 0 Å². The number of carbonyl (C=O) groups is 1. The van der Waals surface area contributed by atoms with Crippen molar-refractivity contribution >= 4 is 11.6 Å². The van der Waals surface area contributed by atoms with Gasteiger partial charge in [-0.25, -0.2) is 0 Å². The van der Waals surface area contributed by atoms with Crippen molar-refractivity contribution in [1.82, 2.24) is 4.90 Å². The fourth-order valence-electron chi connectivity index (χ4n) is 2.49. The molecule has 5 nitrogen and oxygen atoms in total. The second-order valence-electron chi connectivity index (χ2n) is 6.51. The highest BCUT2D eigenvalue weighted by Gasteiger charge is 2.19. The van der Waals surface area contributed by atoms with Gasteiger partial charge in [0.25, 0.3) is 0 Å². The van der Waals surface area contributed by atoms with E-state index in [1.54, 1.807) is 7.11 Å². The Hall–Kier alpha value is -2.53. The average Bonchev–Trinajstić information content (AvgIpc) is 2.62. The zero-order chi connectivity index (χ0) is 19.1. The zero-order valence-corrected chi connectivity index (χ0v) is 16.2. The standard InChI is InChI=1S/C21H28N2O3/c1-15-6-9-18(10-7-15)26-13-12-23(4)17(3)21(24)22-19-14-16(2)8-11-20(19)25-5/h6-11,14,17H,12-13H2,1-5H3,(H,22,24). The number of methoxy groups -OCH3 is 1. The number of carbonyl (C=O) groups excluding carboxylic acids is 1. The highest BCUT2D eigenvalue weighted by molar-refractivity contribution is 5.95. The Morgan fingerprint density at radius 1 is 1.12 bits per heavy atom. The lowest BCUT2D eigenvalue weighted by molar-refractivity contribution is -0.120. The predicted octanol–water partition coefficient (Wildman–Crippen LogP) is 3.65. The van der Waals surface area contributed by atoms with Crippen molar-refractivity contribution in [2.45, 2.75) is 26.8 Å². The minimum Gasteiger partial charge on any atom is -0.495 e. The number of ether oxygens (including phenoxy) is 2. The predicted molar refractivity (Wildman–Crippen MR) is 105 cm³/mol. The van der Waals surface area contributed by atoms with Gasteiger partial charge in [-0.1, -0.05) is 23.8 Å². The van der Waals surface area contributed by atoms with Crippen LogP contribution in [0.4, 0.5) is 5.69 Å². The summed E-state index contributed by atoms with van der Waals surface area (Å²) in [5.41, 5.74) is 2.95. The molecule has 0 aliphatic heterocycles. The Kier molecular flexibility index (Phi) is 7.04. The van der Waals surface area contributed by atoms with Crippen LogP contribution < -0.4 is 14.8 Å². The van der Waals surface area contributed by atoms with Crippen LogP contribution in [-0.2, 0) is 4.79 Å². The molecular formula is C21H28N2O3. The van der Waals surface area contributed by atoms with Crippen molar-refractivity contribution < 1.29 is 14.3 Å². The Bertz CT molecular complexity index is 729. The molecule has 1 amide bonds. The summed E-state index contributed by atoms with van der Waals surface area (Å²) in [6.45, 7) is 7.07. The number of rotatable bonds is 8. The molecule has 140 valence electrons. The number of anilines is 1. The Balaban J connectivity index is 1.86. The molecule has 0 saturated carbocycles. The van der Waals surface area contributed by atoms with Gasteiger partial charge in [-0.3, -0.25) is 9.69 Å². The van der Waals surface area contributed by atoms with Crippen molar-refractivity contribution in [3.8, 4) is 11.5 Å². The summed E-state index contributed by atoms with van der Waals surface area (Å²) >= 11 is 0. The van der Waals surface area contributed by atoms with E-state index in [0.29, 0.717) is 24.6 Å². The van der Waals surface area contributed by atoms with Crippen molar-refractivity contribution in [3.05, 3.63) is 53.6 Å². The first-order valence-corrected chi connectivity index (χ1v) is 8.76. The summed E-state index contributed by atoms with van der Waals surface area (Å²) in [7, 11) is 3.51. The molecule has 2 rings (SSSR count). The molecule has 2 aromatic rings. The van der Waals surface area contributed by atoms with Crippen LogP contribution in [0.15, 0.2) is 42.5 Å². The normalized spacial score (nSPS) is 11.9. The SMILES string of the molecule is COc1ccc(C)cc1NC(=O)C(C)N(C)CCOc1ccc(C)cc1. The third kappa shape index (κ3) is 5.49. The molecule has 1 atom stereocenters. The van der Waals surface area contributed by atoms with E-state index in [1.807, 2.05) is 75.2 Å². The van der Waals surface area contributed by atoms with Crippen LogP contribution in [0, 0.1) is 13.8 Å². The minimum atomic E-state index is -0.290. The van der Waals surface area contributed by atoms with Crippen LogP contribution in [0.2, 0.25) is 0 Å². The molecule has 5 heteroatoms. The Morgan fingerprint density at radius 3 is 2.42 bits per heavy atom. The summed E-state index contributed by atoms with van der Waals surface area (Å²) in [5, 5.41) is 2.95. The molecule has 0 saturated heterocycles. The fourth-order valence-corrected chi connectivity index (χ4v) is 2.49. The number of nitrogens with zero attached hydrogens (tertiary/aromatic N) is 1. The van der Waals surface area contributed by atoms with Gasteiger partial charge < -0.3 is 14.8 Å². The molecule has 2 aromatic carbocycles. The summed E-state index contributed by atoms with van der Waals surface area (Å²) in [5.74, 6) is 1.42. The van der Waals surface area contributed by atoms with Gasteiger partial charge in [-0.05, 0) is 57.6 Å². The van der Waals surface area contributed by atoms with E-state index < -0.39 is 0 Å². The molecule has 0 heterocycles. The van der Waals surface area contributed by atoms with Crippen LogP contribution >= 0.6 is 0 Å². The number of hydrogen-bond acceptors (Lipinski definition) is 4. The summed E-state index contributed by atoms with van der Waals surface area (Å²) in [6, 6.07) is 13.4. The van der Waals surface area contributed by atoms with E-state index in [-0.39, 0.29) is 11.9 Å². The molecule has 0 spiro atoms. The van der Waals surface area contributed by atoms with E-state index >= 15 is 0 Å². The second-order valence-corrected chi connectivity index (χ2v) is 6.51. The van der Waals surface area contributed by atoms with Crippen molar-refractivity contribution in [1.29, 1.82) is 0 Å². The molecule has 26 heavy (non-hydrogen) atoms. The first-order valence-electron chi connectivity index (χ1n) is 8.76. The van der Waals surface area contributed by atoms with Gasteiger partial charge in [-0.2, -0.15) is 0 Å². The number of hydrogen-bond donors (Lipinski definition) is 1. The van der Waals surface area contributed by atoms with E-state index in [2.05, 4.69) is 5.32 Å². The molecular weight excluding hydrogens is 328 g/mol. The molecule has 1 N–H and O–H groups in total. The third-order valence-electron chi connectivity index (χ3n) is 4.39. The van der Waals surface area contributed by atoms with Crippen LogP contribution in [-0.4, -0.2) is 44.2 Å². The largest absolute Gasteiger partial charge is 0.495 e. The van der Waals surface area contributed by atoms with Gasteiger partial charge in [-0.15, -0.1) is 0 Å². The molecule has 0 aromatic heterocycles. The average molecular weight is 356 g/mol. The quantitative estimate of drug-likeness (QED) is 0.784. The fraction of sp³-hybridized carbons (Fsp3) is 0.381. The number of likely N-dealkylation sites (N-methyl/N-ethyl adjacent to an activating group) is 1. The Morgan fingerprint density at radius 2 is 1.77 bits per heavy atom. The minimum absolute atomic E-state index is 0.0771. The zero-order valence-electron chi connectivity index (χ0n) is 16.2. The summed E-state index contributed by atoms with van der Waals surface area (Å²) in [6.07, 6.45) is 0. The van der Waals surface area contributed by atoms with E-state index in [1.165, 1.54) is 5.56 Å². The number of amides is 1. The van der Waals surface area contributed by atoms with Gasteiger partial charge in [0, 0.05) is 6.54 Å². The topological polar surface area (TPSA) is 50.8 Å². The van der Waals surface area contributed by atoms with Crippen LogP contribution in [0.3, 0.4) is 0 Å². The number of benzene rings is 2. The van der Waals surface area contributed by atoms with E-state index in [9.17, 15) is 4.79 Å². The third-order valence-corrected chi connectivity index (χ3v) is 4.39. The van der Waals surface area contributed by atoms with Gasteiger partial charge in [0.05, 0.1) is 18.8 Å². The van der Waals surface area contributed by atoms with Crippen LogP contribution in [0.1, 0.15) is 18.1 Å². The lowest BCUT2D eigenvalue weighted by Gasteiger charge is -2.24. The highest BCUT2D eigenvalue weighted by atomic mass is 16.5. The van der Waals surface area contributed by atoms with Crippen LogP contribution in [0.5, 0.6) is 11.5 Å². The number of aryl methyl sites for hydroxylation is 2. The monoisotopic (exact) mass is 356 g/mol. The van der Waals surface area contributed by atoms with E-state index in [0.717, 1.165) is 11.3 Å². The number of nitrogens with one attached hydrogen (secondary N) is 1. The maximum atomic E-state index is 12.6. The highest BCUT2D eigenvalue weighted by Crippen LogP contribution is 2.25. The second kappa shape index (κ2) is 9.25. The van der Waals surface area contributed by atoms with Gasteiger partial charge in [0.2, 0.25) is 5.91 Å². The Labute approximate surface area is 155 Å². The lowest BCUT2D eigenvalue weighted by Crippen LogP contribution is -2.41. The molecule has 0 aliphatic carbocycles. The maximum absolute atomic E-state index is 12.6. The summed E-state index contributed by atoms with van der Waals surface area (Å²) < 4.78 is 11.1. The molecule has 0 aliphatic rings. The van der Waals surface area contributed by atoms with Crippen molar-refractivity contribution in [2.24, 2.45) is 0 Å². The lowest BCUT2D eigenvalue weighted by atomic mass is 10.2. The van der Waals surface area contributed by atoms with Crippen molar-refractivity contribution in [3.63, 3.8) is 0 Å². The van der Waals surface area contributed by atoms with Gasteiger partial charge in [0.1, 0.15) is 18.1 Å².